The Balaban J connectivity index is 0.00000324. The number of halogens is 1. The lowest BCUT2D eigenvalue weighted by Crippen LogP contribution is -2.33. The van der Waals surface area contributed by atoms with Crippen LogP contribution < -0.4 is 11.1 Å². The predicted octanol–water partition coefficient (Wildman–Crippen LogP) is 0.911. The highest BCUT2D eigenvalue weighted by Crippen LogP contribution is 1.95. The first-order valence-corrected chi connectivity index (χ1v) is 6.31. The zero-order valence-corrected chi connectivity index (χ0v) is 14.0. The molecule has 0 unspecified atom stereocenters. The van der Waals surface area contributed by atoms with Crippen molar-refractivity contribution in [3.8, 4) is 0 Å². The third-order valence-corrected chi connectivity index (χ3v) is 2.41. The van der Waals surface area contributed by atoms with E-state index in [0.717, 1.165) is 32.6 Å². The quantitative estimate of drug-likeness (QED) is 0.304. The lowest BCUT2D eigenvalue weighted by molar-refractivity contribution is 0.146. The van der Waals surface area contributed by atoms with Gasteiger partial charge in [0.1, 0.15) is 0 Å². The normalized spacial score (nSPS) is 11.2. The van der Waals surface area contributed by atoms with Gasteiger partial charge in [-0.25, -0.2) is 0 Å². The Morgan fingerprint density at radius 1 is 1.58 bits per heavy atom. The summed E-state index contributed by atoms with van der Waals surface area (Å²) in [7, 11) is 1.91. The Kier molecular flexibility index (Phi) is 10.6. The van der Waals surface area contributed by atoms with Crippen molar-refractivity contribution in [2.24, 2.45) is 17.8 Å². The van der Waals surface area contributed by atoms with Crippen molar-refractivity contribution in [2.75, 3.05) is 26.3 Å². The van der Waals surface area contributed by atoms with Gasteiger partial charge >= 0.3 is 0 Å². The minimum atomic E-state index is 0. The molecular formula is C12H24IN5O. The summed E-state index contributed by atoms with van der Waals surface area (Å²) >= 11 is 0. The minimum Gasteiger partial charge on any atom is -0.382 e. The fourth-order valence-electron chi connectivity index (χ4n) is 1.50. The number of nitrogens with zero attached hydrogens (tertiary/aromatic N) is 3. The molecule has 110 valence electrons. The molecular weight excluding hydrogens is 357 g/mol. The van der Waals surface area contributed by atoms with Crippen LogP contribution in [0.5, 0.6) is 0 Å². The lowest BCUT2D eigenvalue weighted by Gasteiger charge is -2.04. The topological polar surface area (TPSA) is 77.5 Å². The molecule has 7 heteroatoms. The molecule has 0 saturated heterocycles. The summed E-state index contributed by atoms with van der Waals surface area (Å²) in [6.45, 7) is 4.95. The van der Waals surface area contributed by atoms with E-state index in [9.17, 15) is 0 Å². The van der Waals surface area contributed by atoms with Crippen LogP contribution in [-0.4, -0.2) is 42.0 Å². The number of ether oxygens (including phenoxy) is 1. The molecule has 6 nitrogen and oxygen atoms in total. The zero-order valence-electron chi connectivity index (χ0n) is 11.6. The van der Waals surface area contributed by atoms with E-state index < -0.39 is 0 Å². The highest BCUT2D eigenvalue weighted by Gasteiger charge is 1.96. The Hall–Kier alpha value is -0.830. The Morgan fingerprint density at radius 3 is 3.00 bits per heavy atom. The average Bonchev–Trinajstić information content (AvgIpc) is 2.75. The number of nitrogens with one attached hydrogen (secondary N) is 1. The summed E-state index contributed by atoms with van der Waals surface area (Å²) in [5, 5.41) is 7.19. The molecule has 1 aromatic rings. The third kappa shape index (κ3) is 8.82. The van der Waals surface area contributed by atoms with E-state index in [1.165, 1.54) is 5.56 Å². The molecule has 19 heavy (non-hydrogen) atoms. The van der Waals surface area contributed by atoms with Crippen LogP contribution in [0.3, 0.4) is 0 Å². The van der Waals surface area contributed by atoms with Crippen LogP contribution >= 0.6 is 24.0 Å². The van der Waals surface area contributed by atoms with Gasteiger partial charge in [0.2, 0.25) is 0 Å². The van der Waals surface area contributed by atoms with E-state index in [1.807, 2.05) is 26.4 Å². The van der Waals surface area contributed by atoms with Gasteiger partial charge in [0, 0.05) is 39.5 Å². The molecule has 0 saturated carbocycles. The second kappa shape index (κ2) is 11.0. The number of guanidine groups is 1. The first-order chi connectivity index (χ1) is 8.72. The van der Waals surface area contributed by atoms with Crippen LogP contribution in [0, 0.1) is 0 Å². The summed E-state index contributed by atoms with van der Waals surface area (Å²) in [5.74, 6) is 0.496. The molecule has 0 atom stereocenters. The predicted molar refractivity (Wildman–Crippen MR) is 87.9 cm³/mol. The monoisotopic (exact) mass is 381 g/mol. The van der Waals surface area contributed by atoms with Crippen LogP contribution in [0.4, 0.5) is 0 Å². The Morgan fingerprint density at radius 2 is 2.37 bits per heavy atom. The molecule has 0 aliphatic carbocycles. The summed E-state index contributed by atoms with van der Waals surface area (Å²) in [5.41, 5.74) is 6.92. The fraction of sp³-hybridized carbons (Fsp3) is 0.667. The maximum atomic E-state index is 5.74. The molecule has 1 rings (SSSR count). The molecule has 0 spiro atoms. The van der Waals surface area contributed by atoms with Crippen LogP contribution in [0.15, 0.2) is 17.4 Å². The van der Waals surface area contributed by atoms with Crippen molar-refractivity contribution in [3.05, 3.63) is 18.0 Å². The van der Waals surface area contributed by atoms with E-state index in [-0.39, 0.29) is 24.0 Å². The largest absolute Gasteiger partial charge is 0.382 e. The van der Waals surface area contributed by atoms with Crippen molar-refractivity contribution in [1.82, 2.24) is 15.1 Å². The highest BCUT2D eigenvalue weighted by atomic mass is 127. The molecule has 0 fully saturated rings. The maximum absolute atomic E-state index is 5.74. The molecule has 0 amide bonds. The third-order valence-electron chi connectivity index (χ3n) is 2.41. The smallest absolute Gasteiger partial charge is 0.188 e. The molecule has 0 aliphatic rings. The lowest BCUT2D eigenvalue weighted by atomic mass is 10.2. The van der Waals surface area contributed by atoms with Gasteiger partial charge in [0.25, 0.3) is 0 Å². The number of aromatic nitrogens is 2. The van der Waals surface area contributed by atoms with Crippen LogP contribution in [0.25, 0.3) is 0 Å². The second-order valence-electron chi connectivity index (χ2n) is 4.02. The summed E-state index contributed by atoms with van der Waals surface area (Å²) < 4.78 is 7.01. The SMILES string of the molecule is CCOCCCN=C(N)NCCc1cnn(C)c1.I. The van der Waals surface area contributed by atoms with Gasteiger partial charge < -0.3 is 15.8 Å². The molecule has 0 aliphatic heterocycles. The number of aliphatic imine (C=N–C) groups is 1. The van der Waals surface area contributed by atoms with Crippen molar-refractivity contribution >= 4 is 29.9 Å². The van der Waals surface area contributed by atoms with Crippen LogP contribution in [0.1, 0.15) is 18.9 Å². The van der Waals surface area contributed by atoms with Gasteiger partial charge in [0.05, 0.1) is 6.20 Å². The van der Waals surface area contributed by atoms with Crippen molar-refractivity contribution < 1.29 is 4.74 Å². The fourth-order valence-corrected chi connectivity index (χ4v) is 1.50. The standard InChI is InChI=1S/C12H23N5O.HI/c1-3-18-8-4-6-14-12(13)15-7-5-11-9-16-17(2)10-11;/h9-10H,3-8H2,1-2H3,(H3,13,14,15);1H. The van der Waals surface area contributed by atoms with Gasteiger partial charge in [-0.2, -0.15) is 5.10 Å². The Labute approximate surface area is 131 Å². The Bertz CT molecular complexity index is 367. The number of rotatable bonds is 8. The van der Waals surface area contributed by atoms with E-state index in [1.54, 1.807) is 4.68 Å². The first-order valence-electron chi connectivity index (χ1n) is 6.31. The van der Waals surface area contributed by atoms with Gasteiger partial charge in [0.15, 0.2) is 5.96 Å². The summed E-state index contributed by atoms with van der Waals surface area (Å²) in [4.78, 5) is 4.21. The molecule has 1 aromatic heterocycles. The number of hydrogen-bond acceptors (Lipinski definition) is 3. The van der Waals surface area contributed by atoms with E-state index in [0.29, 0.717) is 12.5 Å². The summed E-state index contributed by atoms with van der Waals surface area (Å²) in [6.07, 6.45) is 5.65. The van der Waals surface area contributed by atoms with E-state index in [2.05, 4.69) is 15.4 Å². The molecule has 1 heterocycles. The molecule has 3 N–H and O–H groups in total. The average molecular weight is 381 g/mol. The first kappa shape index (κ1) is 18.2. The van der Waals surface area contributed by atoms with Crippen molar-refractivity contribution in [2.45, 2.75) is 19.8 Å². The van der Waals surface area contributed by atoms with E-state index >= 15 is 0 Å². The number of aryl methyl sites for hydroxylation is 1. The number of nitrogens with two attached hydrogens (primary N) is 1. The van der Waals surface area contributed by atoms with Gasteiger partial charge in [-0.15, -0.1) is 24.0 Å². The van der Waals surface area contributed by atoms with Gasteiger partial charge in [-0.3, -0.25) is 9.67 Å². The van der Waals surface area contributed by atoms with Crippen molar-refractivity contribution in [1.29, 1.82) is 0 Å². The van der Waals surface area contributed by atoms with Crippen LogP contribution in [-0.2, 0) is 18.2 Å². The van der Waals surface area contributed by atoms with E-state index in [4.69, 9.17) is 10.5 Å². The number of hydrogen-bond donors (Lipinski definition) is 2. The molecule has 0 bridgehead atoms. The minimum absolute atomic E-state index is 0. The molecule has 0 radical (unpaired) electrons. The van der Waals surface area contributed by atoms with Crippen LogP contribution in [0.2, 0.25) is 0 Å². The van der Waals surface area contributed by atoms with Crippen molar-refractivity contribution in [3.63, 3.8) is 0 Å². The molecule has 0 aromatic carbocycles. The maximum Gasteiger partial charge on any atom is 0.188 e. The van der Waals surface area contributed by atoms with Gasteiger partial charge in [-0.05, 0) is 25.3 Å². The zero-order chi connectivity index (χ0) is 13.2. The second-order valence-corrected chi connectivity index (χ2v) is 4.02. The van der Waals surface area contributed by atoms with Gasteiger partial charge in [-0.1, -0.05) is 0 Å². The highest BCUT2D eigenvalue weighted by molar-refractivity contribution is 14.0. The summed E-state index contributed by atoms with van der Waals surface area (Å²) in [6, 6.07) is 0.